The summed E-state index contributed by atoms with van der Waals surface area (Å²) in [6.45, 7) is 2.65. The number of rotatable bonds is 3. The minimum Gasteiger partial charge on any atom is -0.361 e. The molecule has 1 aliphatic heterocycles. The van der Waals surface area contributed by atoms with Gasteiger partial charge in [0.05, 0.1) is 0 Å². The van der Waals surface area contributed by atoms with E-state index < -0.39 is 0 Å². The molecule has 3 rings (SSSR count). The number of fused-ring (bicyclic) bond motifs is 1. The van der Waals surface area contributed by atoms with Crippen molar-refractivity contribution < 1.29 is 4.39 Å². The van der Waals surface area contributed by atoms with Crippen LogP contribution in [0.3, 0.4) is 0 Å². The van der Waals surface area contributed by atoms with Gasteiger partial charge in [-0.3, -0.25) is 4.99 Å². The van der Waals surface area contributed by atoms with E-state index in [9.17, 15) is 4.39 Å². The molecule has 4 nitrogen and oxygen atoms in total. The van der Waals surface area contributed by atoms with Gasteiger partial charge in [0.1, 0.15) is 5.82 Å². The largest absolute Gasteiger partial charge is 0.361 e. The van der Waals surface area contributed by atoms with Crippen molar-refractivity contribution in [3.05, 3.63) is 35.8 Å². The smallest absolute Gasteiger partial charge is 0.191 e. The first-order chi connectivity index (χ1) is 9.33. The van der Waals surface area contributed by atoms with Crippen molar-refractivity contribution in [2.75, 3.05) is 19.6 Å². The number of aliphatic imine (C=N–C) groups is 1. The predicted octanol–water partition coefficient (Wildman–Crippen LogP) is 2.41. The number of nitrogens with one attached hydrogen (secondary N) is 3. The molecule has 2 aromatic rings. The monoisotopic (exact) mass is 388 g/mol. The van der Waals surface area contributed by atoms with Crippen LogP contribution in [0.15, 0.2) is 29.4 Å². The summed E-state index contributed by atoms with van der Waals surface area (Å²) in [5.74, 6) is 0.678. The summed E-state index contributed by atoms with van der Waals surface area (Å²) < 4.78 is 13.2. The second-order valence-corrected chi connectivity index (χ2v) is 4.69. The van der Waals surface area contributed by atoms with E-state index in [0.717, 1.165) is 54.9 Å². The van der Waals surface area contributed by atoms with Gasteiger partial charge in [0.15, 0.2) is 5.96 Å². The van der Waals surface area contributed by atoms with E-state index in [0.29, 0.717) is 0 Å². The minimum absolute atomic E-state index is 0. The van der Waals surface area contributed by atoms with Crippen molar-refractivity contribution in [2.45, 2.75) is 12.8 Å². The number of hydrogen-bond donors (Lipinski definition) is 3. The van der Waals surface area contributed by atoms with E-state index in [1.165, 1.54) is 6.07 Å². The van der Waals surface area contributed by atoms with Gasteiger partial charge in [-0.25, -0.2) is 4.39 Å². The SMILES string of the molecule is Fc1ccc2[nH]cc(CCNC3=NCCCN3)c2c1.I. The highest BCUT2D eigenvalue weighted by Crippen LogP contribution is 2.19. The maximum Gasteiger partial charge on any atom is 0.191 e. The predicted molar refractivity (Wildman–Crippen MR) is 90.3 cm³/mol. The zero-order valence-corrected chi connectivity index (χ0v) is 13.4. The summed E-state index contributed by atoms with van der Waals surface area (Å²) in [7, 11) is 0. The molecule has 0 bridgehead atoms. The number of hydrogen-bond acceptors (Lipinski definition) is 3. The van der Waals surface area contributed by atoms with Crippen LogP contribution in [0.25, 0.3) is 10.9 Å². The number of benzene rings is 1. The minimum atomic E-state index is -0.195. The number of halogens is 2. The quantitative estimate of drug-likeness (QED) is 0.708. The van der Waals surface area contributed by atoms with Crippen LogP contribution in [-0.4, -0.2) is 30.6 Å². The van der Waals surface area contributed by atoms with Gasteiger partial charge in [-0.2, -0.15) is 0 Å². The molecular formula is C14H18FIN4. The average Bonchev–Trinajstić information content (AvgIpc) is 2.83. The zero-order chi connectivity index (χ0) is 13.1. The molecular weight excluding hydrogens is 370 g/mol. The van der Waals surface area contributed by atoms with Gasteiger partial charge in [0.2, 0.25) is 0 Å². The fraction of sp³-hybridized carbons (Fsp3) is 0.357. The standard InChI is InChI=1S/C14H17FN4.HI/c15-11-2-3-13-12(8-11)10(9-19-13)4-7-18-14-16-5-1-6-17-14;/h2-3,8-9,19H,1,4-7H2,(H2,16,17,18);1H. The summed E-state index contributed by atoms with van der Waals surface area (Å²) >= 11 is 0. The molecule has 0 atom stereocenters. The van der Waals surface area contributed by atoms with Crippen LogP contribution >= 0.6 is 24.0 Å². The molecule has 1 aromatic heterocycles. The Balaban J connectivity index is 0.00000147. The van der Waals surface area contributed by atoms with Gasteiger partial charge < -0.3 is 15.6 Å². The molecule has 108 valence electrons. The van der Waals surface area contributed by atoms with Gasteiger partial charge >= 0.3 is 0 Å². The Morgan fingerprint density at radius 1 is 1.35 bits per heavy atom. The summed E-state index contributed by atoms with van der Waals surface area (Å²) in [6.07, 6.45) is 3.87. The van der Waals surface area contributed by atoms with Gasteiger partial charge in [0.25, 0.3) is 0 Å². The first kappa shape index (κ1) is 15.1. The number of aromatic nitrogens is 1. The Bertz CT molecular complexity index is 608. The van der Waals surface area contributed by atoms with E-state index in [1.54, 1.807) is 12.1 Å². The van der Waals surface area contributed by atoms with E-state index in [4.69, 9.17) is 0 Å². The van der Waals surface area contributed by atoms with Crippen molar-refractivity contribution in [2.24, 2.45) is 4.99 Å². The Morgan fingerprint density at radius 2 is 2.25 bits per heavy atom. The molecule has 0 unspecified atom stereocenters. The lowest BCUT2D eigenvalue weighted by Gasteiger charge is -2.15. The number of aromatic amines is 1. The van der Waals surface area contributed by atoms with Crippen LogP contribution < -0.4 is 10.6 Å². The first-order valence-corrected chi connectivity index (χ1v) is 6.60. The first-order valence-electron chi connectivity index (χ1n) is 6.60. The number of guanidine groups is 1. The van der Waals surface area contributed by atoms with Gasteiger partial charge in [0, 0.05) is 36.7 Å². The van der Waals surface area contributed by atoms with Crippen LogP contribution in [-0.2, 0) is 6.42 Å². The lowest BCUT2D eigenvalue weighted by molar-refractivity contribution is 0.629. The molecule has 0 saturated heterocycles. The lowest BCUT2D eigenvalue weighted by Crippen LogP contribution is -2.41. The van der Waals surface area contributed by atoms with Crippen LogP contribution in [0.5, 0.6) is 0 Å². The molecule has 3 N–H and O–H groups in total. The van der Waals surface area contributed by atoms with Gasteiger partial charge in [-0.1, -0.05) is 0 Å². The van der Waals surface area contributed by atoms with Crippen molar-refractivity contribution in [1.29, 1.82) is 0 Å². The average molecular weight is 388 g/mol. The Labute approximate surface area is 134 Å². The summed E-state index contributed by atoms with van der Waals surface area (Å²) in [6, 6.07) is 4.83. The summed E-state index contributed by atoms with van der Waals surface area (Å²) in [4.78, 5) is 7.51. The highest BCUT2D eigenvalue weighted by Gasteiger charge is 2.06. The molecule has 0 fully saturated rings. The number of nitrogens with zero attached hydrogens (tertiary/aromatic N) is 1. The van der Waals surface area contributed by atoms with Crippen LogP contribution in [0.2, 0.25) is 0 Å². The van der Waals surface area contributed by atoms with Crippen molar-refractivity contribution in [3.63, 3.8) is 0 Å². The topological polar surface area (TPSA) is 52.2 Å². The van der Waals surface area contributed by atoms with Crippen LogP contribution in [0.4, 0.5) is 4.39 Å². The van der Waals surface area contributed by atoms with Gasteiger partial charge in [-0.15, -0.1) is 24.0 Å². The van der Waals surface area contributed by atoms with E-state index in [1.807, 2.05) is 6.20 Å². The molecule has 1 aliphatic rings. The van der Waals surface area contributed by atoms with Crippen molar-refractivity contribution in [3.8, 4) is 0 Å². The maximum absolute atomic E-state index is 13.2. The molecule has 6 heteroatoms. The summed E-state index contributed by atoms with van der Waals surface area (Å²) in [5, 5.41) is 7.45. The Kier molecular flexibility index (Phi) is 5.22. The number of H-pyrrole nitrogens is 1. The van der Waals surface area contributed by atoms with Crippen molar-refractivity contribution in [1.82, 2.24) is 15.6 Å². The second-order valence-electron chi connectivity index (χ2n) is 4.69. The molecule has 0 aliphatic carbocycles. The fourth-order valence-electron chi connectivity index (χ4n) is 2.32. The summed E-state index contributed by atoms with van der Waals surface area (Å²) in [5.41, 5.74) is 2.10. The molecule has 0 spiro atoms. The molecule has 1 aromatic carbocycles. The molecule has 0 amide bonds. The third-order valence-electron chi connectivity index (χ3n) is 3.31. The van der Waals surface area contributed by atoms with Crippen molar-refractivity contribution >= 4 is 40.8 Å². The molecule has 0 radical (unpaired) electrons. The Morgan fingerprint density at radius 3 is 3.05 bits per heavy atom. The van der Waals surface area contributed by atoms with Crippen LogP contribution in [0, 0.1) is 5.82 Å². The maximum atomic E-state index is 13.2. The molecule has 0 saturated carbocycles. The van der Waals surface area contributed by atoms with Gasteiger partial charge in [-0.05, 0) is 36.6 Å². The molecule has 2 heterocycles. The van der Waals surface area contributed by atoms with Crippen LogP contribution in [0.1, 0.15) is 12.0 Å². The van der Waals surface area contributed by atoms with E-state index in [2.05, 4.69) is 20.6 Å². The Hall–Kier alpha value is -1.31. The fourth-order valence-corrected chi connectivity index (χ4v) is 2.32. The zero-order valence-electron chi connectivity index (χ0n) is 11.1. The van der Waals surface area contributed by atoms with E-state index in [-0.39, 0.29) is 29.8 Å². The third-order valence-corrected chi connectivity index (χ3v) is 3.31. The highest BCUT2D eigenvalue weighted by atomic mass is 127. The lowest BCUT2D eigenvalue weighted by atomic mass is 10.1. The van der Waals surface area contributed by atoms with E-state index >= 15 is 0 Å². The molecule has 20 heavy (non-hydrogen) atoms. The third kappa shape index (κ3) is 3.41. The highest BCUT2D eigenvalue weighted by molar-refractivity contribution is 14.0. The second kappa shape index (κ2) is 6.92. The normalized spacial score (nSPS) is 14.3.